The van der Waals surface area contributed by atoms with Crippen molar-refractivity contribution in [2.24, 2.45) is 0 Å². The Morgan fingerprint density at radius 2 is 2.00 bits per heavy atom. The SMILES string of the molecule is Cc1nc(SCCOc2ccc(Br)cc2)oc1C. The van der Waals surface area contributed by atoms with Gasteiger partial charge in [0.05, 0.1) is 12.3 Å². The molecule has 1 aromatic heterocycles. The van der Waals surface area contributed by atoms with E-state index in [1.54, 1.807) is 11.8 Å². The molecule has 0 N–H and O–H groups in total. The van der Waals surface area contributed by atoms with Crippen molar-refractivity contribution in [3.05, 3.63) is 40.2 Å². The minimum atomic E-state index is 0.632. The molecule has 18 heavy (non-hydrogen) atoms. The van der Waals surface area contributed by atoms with Crippen molar-refractivity contribution in [1.29, 1.82) is 0 Å². The van der Waals surface area contributed by atoms with Gasteiger partial charge in [-0.3, -0.25) is 0 Å². The van der Waals surface area contributed by atoms with Crippen LogP contribution in [0.2, 0.25) is 0 Å². The Morgan fingerprint density at radius 3 is 2.61 bits per heavy atom. The van der Waals surface area contributed by atoms with Gasteiger partial charge in [0.15, 0.2) is 0 Å². The van der Waals surface area contributed by atoms with Crippen LogP contribution in [0.4, 0.5) is 0 Å². The second kappa shape index (κ2) is 6.29. The van der Waals surface area contributed by atoms with Gasteiger partial charge in [0, 0.05) is 10.2 Å². The highest BCUT2D eigenvalue weighted by molar-refractivity contribution is 9.10. The summed E-state index contributed by atoms with van der Waals surface area (Å²) in [5.41, 5.74) is 0.950. The van der Waals surface area contributed by atoms with Crippen LogP contribution >= 0.6 is 27.7 Å². The molecule has 0 fully saturated rings. The fraction of sp³-hybridized carbons (Fsp3) is 0.308. The first-order valence-corrected chi connectivity index (χ1v) is 7.38. The maximum absolute atomic E-state index is 5.61. The molecule has 0 aliphatic heterocycles. The number of rotatable bonds is 5. The number of halogens is 1. The summed E-state index contributed by atoms with van der Waals surface area (Å²) < 4.78 is 12.1. The standard InChI is InChI=1S/C13H14BrNO2S/c1-9-10(2)17-13(15-9)18-8-7-16-12-5-3-11(14)4-6-12/h3-6H,7-8H2,1-2H3. The van der Waals surface area contributed by atoms with E-state index in [9.17, 15) is 0 Å². The molecule has 0 bridgehead atoms. The zero-order valence-corrected chi connectivity index (χ0v) is 12.7. The van der Waals surface area contributed by atoms with Crippen LogP contribution in [0.3, 0.4) is 0 Å². The van der Waals surface area contributed by atoms with Crippen LogP contribution in [0.25, 0.3) is 0 Å². The number of benzene rings is 1. The maximum atomic E-state index is 5.61. The molecule has 96 valence electrons. The van der Waals surface area contributed by atoms with Gasteiger partial charge in [0.25, 0.3) is 5.22 Å². The van der Waals surface area contributed by atoms with Crippen molar-refractivity contribution < 1.29 is 9.15 Å². The van der Waals surface area contributed by atoms with Gasteiger partial charge < -0.3 is 9.15 Å². The van der Waals surface area contributed by atoms with Gasteiger partial charge in [-0.15, -0.1) is 0 Å². The summed E-state index contributed by atoms with van der Waals surface area (Å²) in [6, 6.07) is 7.80. The van der Waals surface area contributed by atoms with Crippen molar-refractivity contribution in [2.45, 2.75) is 19.1 Å². The lowest BCUT2D eigenvalue weighted by Crippen LogP contribution is -1.99. The molecular formula is C13H14BrNO2S. The smallest absolute Gasteiger partial charge is 0.256 e. The van der Waals surface area contributed by atoms with Crippen molar-refractivity contribution in [3.8, 4) is 5.75 Å². The Morgan fingerprint density at radius 1 is 1.28 bits per heavy atom. The van der Waals surface area contributed by atoms with Gasteiger partial charge >= 0.3 is 0 Å². The predicted octanol–water partition coefficient (Wildman–Crippen LogP) is 4.23. The average molecular weight is 328 g/mol. The summed E-state index contributed by atoms with van der Waals surface area (Å²) in [6.07, 6.45) is 0. The lowest BCUT2D eigenvalue weighted by molar-refractivity contribution is 0.343. The largest absolute Gasteiger partial charge is 0.493 e. The third kappa shape index (κ3) is 3.78. The average Bonchev–Trinajstić information content (AvgIpc) is 2.67. The second-order valence-corrected chi connectivity index (χ2v) is 5.73. The number of hydrogen-bond acceptors (Lipinski definition) is 4. The number of aryl methyl sites for hydroxylation is 2. The van der Waals surface area contributed by atoms with Gasteiger partial charge in [-0.25, -0.2) is 4.98 Å². The van der Waals surface area contributed by atoms with Crippen LogP contribution in [-0.2, 0) is 0 Å². The first-order chi connectivity index (χ1) is 8.65. The zero-order valence-electron chi connectivity index (χ0n) is 10.3. The molecule has 1 heterocycles. The Kier molecular flexibility index (Phi) is 4.72. The zero-order chi connectivity index (χ0) is 13.0. The Labute approximate surface area is 119 Å². The van der Waals surface area contributed by atoms with Crippen LogP contribution < -0.4 is 4.74 Å². The summed E-state index contributed by atoms with van der Waals surface area (Å²) in [4.78, 5) is 4.30. The molecule has 0 aliphatic carbocycles. The fourth-order valence-corrected chi connectivity index (χ4v) is 2.32. The fourth-order valence-electron chi connectivity index (χ4n) is 1.32. The number of ether oxygens (including phenoxy) is 1. The molecule has 5 heteroatoms. The van der Waals surface area contributed by atoms with E-state index in [1.165, 1.54) is 0 Å². The molecular weight excluding hydrogens is 314 g/mol. The molecule has 0 unspecified atom stereocenters. The topological polar surface area (TPSA) is 35.3 Å². The predicted molar refractivity (Wildman–Crippen MR) is 76.3 cm³/mol. The summed E-state index contributed by atoms with van der Waals surface area (Å²) in [5.74, 6) is 2.57. The number of thioether (sulfide) groups is 1. The minimum Gasteiger partial charge on any atom is -0.493 e. The van der Waals surface area contributed by atoms with Crippen molar-refractivity contribution >= 4 is 27.7 Å². The molecule has 0 atom stereocenters. The molecule has 0 radical (unpaired) electrons. The normalized spacial score (nSPS) is 10.6. The summed E-state index contributed by atoms with van der Waals surface area (Å²) in [7, 11) is 0. The van der Waals surface area contributed by atoms with Gasteiger partial charge in [0.1, 0.15) is 11.5 Å². The third-order valence-corrected chi connectivity index (χ3v) is 3.72. The lowest BCUT2D eigenvalue weighted by atomic mass is 10.3. The van der Waals surface area contributed by atoms with Crippen molar-refractivity contribution in [3.63, 3.8) is 0 Å². The summed E-state index contributed by atoms with van der Waals surface area (Å²) in [6.45, 7) is 4.50. The van der Waals surface area contributed by atoms with E-state index in [-0.39, 0.29) is 0 Å². The first kappa shape index (κ1) is 13.5. The van der Waals surface area contributed by atoms with Crippen LogP contribution in [0.5, 0.6) is 5.75 Å². The van der Waals surface area contributed by atoms with E-state index in [0.717, 1.165) is 27.4 Å². The Bertz CT molecular complexity index is 491. The second-order valence-electron chi connectivity index (χ2n) is 3.77. The van der Waals surface area contributed by atoms with Crippen LogP contribution in [0.1, 0.15) is 11.5 Å². The number of hydrogen-bond donors (Lipinski definition) is 0. The third-order valence-electron chi connectivity index (χ3n) is 2.40. The van der Waals surface area contributed by atoms with Crippen molar-refractivity contribution in [1.82, 2.24) is 4.98 Å². The van der Waals surface area contributed by atoms with Crippen LogP contribution in [-0.4, -0.2) is 17.3 Å². The van der Waals surface area contributed by atoms with Crippen molar-refractivity contribution in [2.75, 3.05) is 12.4 Å². The van der Waals surface area contributed by atoms with Gasteiger partial charge in [-0.2, -0.15) is 0 Å². The molecule has 3 nitrogen and oxygen atoms in total. The molecule has 0 saturated carbocycles. The molecule has 2 rings (SSSR count). The van der Waals surface area contributed by atoms with E-state index < -0.39 is 0 Å². The Balaban J connectivity index is 1.74. The van der Waals surface area contributed by atoms with E-state index in [0.29, 0.717) is 11.8 Å². The molecule has 0 aliphatic rings. The highest BCUT2D eigenvalue weighted by Crippen LogP contribution is 2.21. The number of nitrogens with zero attached hydrogens (tertiary/aromatic N) is 1. The highest BCUT2D eigenvalue weighted by Gasteiger charge is 2.05. The molecule has 0 amide bonds. The van der Waals surface area contributed by atoms with Gasteiger partial charge in [0.2, 0.25) is 0 Å². The summed E-state index contributed by atoms with van der Waals surface area (Å²) >= 11 is 4.95. The van der Waals surface area contributed by atoms with Gasteiger partial charge in [-0.1, -0.05) is 27.7 Å². The minimum absolute atomic E-state index is 0.632. The van der Waals surface area contributed by atoms with Crippen LogP contribution in [0.15, 0.2) is 38.4 Å². The van der Waals surface area contributed by atoms with E-state index in [1.807, 2.05) is 38.1 Å². The quantitative estimate of drug-likeness (QED) is 0.608. The molecule has 0 saturated heterocycles. The Hall–Kier alpha value is -0.940. The molecule has 0 spiro atoms. The maximum Gasteiger partial charge on any atom is 0.256 e. The van der Waals surface area contributed by atoms with E-state index in [2.05, 4.69) is 20.9 Å². The van der Waals surface area contributed by atoms with Crippen LogP contribution in [0, 0.1) is 13.8 Å². The van der Waals surface area contributed by atoms with Gasteiger partial charge in [-0.05, 0) is 38.1 Å². The first-order valence-electron chi connectivity index (χ1n) is 5.60. The number of aromatic nitrogens is 1. The highest BCUT2D eigenvalue weighted by atomic mass is 79.9. The lowest BCUT2D eigenvalue weighted by Gasteiger charge is -2.04. The molecule has 2 aromatic rings. The monoisotopic (exact) mass is 327 g/mol. The van der Waals surface area contributed by atoms with E-state index >= 15 is 0 Å². The number of oxazole rings is 1. The van der Waals surface area contributed by atoms with E-state index in [4.69, 9.17) is 9.15 Å². The molecule has 1 aromatic carbocycles. The summed E-state index contributed by atoms with van der Waals surface area (Å²) in [5, 5.41) is 0.712.